The number of anilines is 2. The molecule has 0 atom stereocenters. The van der Waals surface area contributed by atoms with Gasteiger partial charge in [0.05, 0.1) is 0 Å². The van der Waals surface area contributed by atoms with Crippen molar-refractivity contribution >= 4 is 33.2 Å². The number of para-hydroxylation sites is 1. The number of hydrogen-bond donors (Lipinski definition) is 0. The van der Waals surface area contributed by atoms with Crippen molar-refractivity contribution in [3.63, 3.8) is 0 Å². The van der Waals surface area contributed by atoms with Gasteiger partial charge in [-0.2, -0.15) is 6.07 Å². The molecular formula is C61H71N4OPt-3. The summed E-state index contributed by atoms with van der Waals surface area (Å²) in [6.07, 6.45) is 1.93. The van der Waals surface area contributed by atoms with Crippen LogP contribution in [0.25, 0.3) is 27.6 Å². The van der Waals surface area contributed by atoms with Gasteiger partial charge in [-0.3, -0.25) is 0 Å². The summed E-state index contributed by atoms with van der Waals surface area (Å²) in [4.78, 5) is 9.79. The number of hydrogen-bond acceptors (Lipinski definition) is 4. The first-order chi connectivity index (χ1) is 30.6. The van der Waals surface area contributed by atoms with Crippen LogP contribution in [0.5, 0.6) is 11.5 Å². The number of pyridine rings is 1. The monoisotopic (exact) mass is 1070 g/mol. The minimum Gasteiger partial charge on any atom is -0.509 e. The summed E-state index contributed by atoms with van der Waals surface area (Å²) < 4.78 is 9.30. The van der Waals surface area contributed by atoms with E-state index >= 15 is 0 Å². The number of fused-ring (bicyclic) bond motifs is 3. The summed E-state index contributed by atoms with van der Waals surface area (Å²) >= 11 is 0. The number of nitrogens with zero attached hydrogens (tertiary/aromatic N) is 4. The molecule has 354 valence electrons. The van der Waals surface area contributed by atoms with Gasteiger partial charge in [-0.25, -0.2) is 4.98 Å². The molecule has 0 aliphatic carbocycles. The van der Waals surface area contributed by atoms with Gasteiger partial charge in [-0.1, -0.05) is 183 Å². The quantitative estimate of drug-likeness (QED) is 0.149. The maximum absolute atomic E-state index is 7.04. The van der Waals surface area contributed by atoms with Gasteiger partial charge < -0.3 is 19.1 Å². The van der Waals surface area contributed by atoms with Crippen LogP contribution in [0, 0.1) is 29.6 Å². The van der Waals surface area contributed by atoms with Crippen LogP contribution >= 0.6 is 0 Å². The summed E-state index contributed by atoms with van der Waals surface area (Å²) in [7, 11) is 0. The van der Waals surface area contributed by atoms with E-state index < -0.39 is 5.41 Å². The molecule has 1 aliphatic rings. The molecule has 0 unspecified atom stereocenters. The van der Waals surface area contributed by atoms with E-state index in [-0.39, 0.29) is 48.1 Å². The van der Waals surface area contributed by atoms with Gasteiger partial charge in [0.15, 0.2) is 0 Å². The molecule has 0 amide bonds. The molecule has 0 spiro atoms. The molecule has 0 N–H and O–H groups in total. The molecule has 2 aromatic heterocycles. The van der Waals surface area contributed by atoms with Crippen LogP contribution in [0.15, 0.2) is 127 Å². The molecule has 3 heterocycles. The second-order valence-electron chi connectivity index (χ2n) is 24.1. The Morgan fingerprint density at radius 1 is 0.507 bits per heavy atom. The first kappa shape index (κ1) is 49.8. The van der Waals surface area contributed by atoms with Gasteiger partial charge in [-0.05, 0) is 79.6 Å². The Hall–Kier alpha value is -5.12. The number of ether oxygens (including phenoxy) is 1. The zero-order chi connectivity index (χ0) is 47.9. The van der Waals surface area contributed by atoms with E-state index in [1.54, 1.807) is 0 Å². The SMILES string of the molecule is CC(C)(C)C1=C(C(C)(C)C)N(c2cc(C(C)(C)C)cc(C(C)(C)C)c2)[CH-]N1c1[c-]c(Oc2[c-]c3c(c(C(C)(C)c4ccccc4)c2)c2ccccc2n3-c2cc(C(C)(C)C)ccn2)ccc1.[Pt]. The Morgan fingerprint density at radius 3 is 1.69 bits per heavy atom. The van der Waals surface area contributed by atoms with E-state index in [0.717, 1.165) is 38.9 Å². The number of allylic oxidation sites excluding steroid dienone is 2. The Kier molecular flexibility index (Phi) is 13.0. The third-order valence-electron chi connectivity index (χ3n) is 13.2. The zero-order valence-corrected chi connectivity index (χ0v) is 45.3. The van der Waals surface area contributed by atoms with Crippen LogP contribution in [-0.4, -0.2) is 9.55 Å². The topological polar surface area (TPSA) is 33.5 Å². The second-order valence-corrected chi connectivity index (χ2v) is 24.1. The Balaban J connectivity index is 0.00000666. The molecule has 5 nitrogen and oxygen atoms in total. The van der Waals surface area contributed by atoms with Gasteiger partial charge in [0.25, 0.3) is 0 Å². The van der Waals surface area contributed by atoms with Crippen LogP contribution < -0.4 is 14.5 Å². The number of rotatable bonds is 7. The third-order valence-corrected chi connectivity index (χ3v) is 13.2. The molecule has 67 heavy (non-hydrogen) atoms. The first-order valence-electron chi connectivity index (χ1n) is 23.7. The van der Waals surface area contributed by atoms with Crippen molar-refractivity contribution in [1.82, 2.24) is 9.55 Å². The first-order valence-corrected chi connectivity index (χ1v) is 23.7. The van der Waals surface area contributed by atoms with E-state index in [0.29, 0.717) is 11.5 Å². The molecule has 0 fully saturated rings. The number of benzene rings is 5. The molecule has 7 aromatic rings. The van der Waals surface area contributed by atoms with Gasteiger partial charge >= 0.3 is 0 Å². The third kappa shape index (κ3) is 9.65. The Labute approximate surface area is 416 Å². The smallest absolute Gasteiger partial charge is 0.135 e. The van der Waals surface area contributed by atoms with Crippen molar-refractivity contribution in [2.75, 3.05) is 9.80 Å². The zero-order valence-electron chi connectivity index (χ0n) is 43.1. The molecule has 5 aromatic carbocycles. The van der Waals surface area contributed by atoms with Crippen molar-refractivity contribution in [2.45, 2.75) is 139 Å². The van der Waals surface area contributed by atoms with Crippen molar-refractivity contribution in [3.05, 3.63) is 173 Å². The van der Waals surface area contributed by atoms with Crippen LogP contribution in [-0.2, 0) is 42.7 Å². The van der Waals surface area contributed by atoms with Crippen LogP contribution in [0.4, 0.5) is 11.4 Å². The van der Waals surface area contributed by atoms with E-state index in [4.69, 9.17) is 9.72 Å². The molecular weight excluding hydrogens is 1000 g/mol. The molecule has 0 radical (unpaired) electrons. The summed E-state index contributed by atoms with van der Waals surface area (Å²) in [5.41, 5.74) is 11.9. The maximum Gasteiger partial charge on any atom is 0.135 e. The molecule has 0 bridgehead atoms. The van der Waals surface area contributed by atoms with Gasteiger partial charge in [0.1, 0.15) is 5.82 Å². The minimum absolute atomic E-state index is 0. The average Bonchev–Trinajstić information content (AvgIpc) is 3.81. The number of aromatic nitrogens is 2. The van der Waals surface area contributed by atoms with E-state index in [2.05, 4.69) is 254 Å². The summed E-state index contributed by atoms with van der Waals surface area (Å²) in [6.45, 7) is 41.4. The molecule has 6 heteroatoms. The van der Waals surface area contributed by atoms with Crippen LogP contribution in [0.1, 0.15) is 146 Å². The maximum atomic E-state index is 7.04. The summed E-state index contributed by atoms with van der Waals surface area (Å²) in [6, 6.07) is 46.9. The van der Waals surface area contributed by atoms with E-state index in [1.165, 1.54) is 39.3 Å². The Bertz CT molecular complexity index is 2940. The van der Waals surface area contributed by atoms with Crippen LogP contribution in [0.2, 0.25) is 0 Å². The van der Waals surface area contributed by atoms with Crippen molar-refractivity contribution in [1.29, 1.82) is 0 Å². The van der Waals surface area contributed by atoms with Gasteiger partial charge in [0.2, 0.25) is 0 Å². The summed E-state index contributed by atoms with van der Waals surface area (Å²) in [5.74, 6) is 2.09. The molecule has 1 aliphatic heterocycles. The fourth-order valence-electron chi connectivity index (χ4n) is 9.43. The van der Waals surface area contributed by atoms with Crippen molar-refractivity contribution in [3.8, 4) is 17.3 Å². The predicted octanol–water partition coefficient (Wildman–Crippen LogP) is 16.5. The molecule has 0 saturated carbocycles. The standard InChI is InChI=1S/C61H71N4O.Pt/c1-56(2,3)41-30-31-62-52(35-41)65-50-29-22-21-28-48(50)53-49(61(16,17)40-24-19-18-20-25-40)37-47(38-51(53)65)66-46-27-23-26-44(36-46)63-39-64(55(60(13,14)15)54(63)59(10,11)12)45-33-42(57(4,5)6)32-43(34-45)58(7,8)9;/h18-35,37,39H,1-17H3;/q-3;. The van der Waals surface area contributed by atoms with Gasteiger partial charge in [0, 0.05) is 72.2 Å². The largest absolute Gasteiger partial charge is 0.509 e. The predicted molar refractivity (Wildman–Crippen MR) is 279 cm³/mol. The molecule has 8 rings (SSSR count). The van der Waals surface area contributed by atoms with Crippen LogP contribution in [0.3, 0.4) is 0 Å². The fourth-order valence-corrected chi connectivity index (χ4v) is 9.43. The summed E-state index contributed by atoms with van der Waals surface area (Å²) in [5, 5.41) is 2.29. The minimum atomic E-state index is -0.394. The van der Waals surface area contributed by atoms with E-state index in [1.807, 2.05) is 12.3 Å². The second kappa shape index (κ2) is 17.4. The fraction of sp³-hybridized carbons (Fsp3) is 0.377. The normalized spacial score (nSPS) is 14.3. The van der Waals surface area contributed by atoms with Gasteiger partial charge in [-0.15, -0.1) is 48.3 Å². The van der Waals surface area contributed by atoms with Crippen molar-refractivity contribution < 1.29 is 25.8 Å². The van der Waals surface area contributed by atoms with Crippen molar-refractivity contribution in [2.24, 2.45) is 10.8 Å². The Morgan fingerprint density at radius 2 is 1.09 bits per heavy atom. The molecule has 0 saturated heterocycles. The van der Waals surface area contributed by atoms with E-state index in [9.17, 15) is 0 Å². The average molecular weight is 1070 g/mol.